The molecule has 1 amide bonds. The number of carboxylic acids is 1. The van der Waals surface area contributed by atoms with Gasteiger partial charge in [-0.05, 0) is 19.8 Å². The molecule has 0 unspecified atom stereocenters. The van der Waals surface area contributed by atoms with Crippen LogP contribution in [0.1, 0.15) is 48.0 Å². The van der Waals surface area contributed by atoms with Gasteiger partial charge in [0.25, 0.3) is 0 Å². The van der Waals surface area contributed by atoms with E-state index in [1.54, 1.807) is 12.1 Å². The van der Waals surface area contributed by atoms with E-state index >= 15 is 0 Å². The normalized spacial score (nSPS) is 20.6. The highest BCUT2D eigenvalue weighted by Gasteiger charge is 2.33. The number of hydrogen-bond acceptors (Lipinski definition) is 3. The molecule has 2 N–H and O–H groups in total. The van der Waals surface area contributed by atoms with Crippen molar-refractivity contribution in [1.82, 2.24) is 5.32 Å². The number of aryl methyl sites for hydroxylation is 1. The maximum atomic E-state index is 12.0. The minimum Gasteiger partial charge on any atom is -0.481 e. The zero-order valence-corrected chi connectivity index (χ0v) is 12.7. The van der Waals surface area contributed by atoms with Gasteiger partial charge in [0, 0.05) is 24.4 Å². The number of Topliss-reactive ketones (excluding diaryl/α,β-unsaturated/α-hetero) is 1. The van der Waals surface area contributed by atoms with Gasteiger partial charge in [-0.3, -0.25) is 14.4 Å². The number of rotatable bonds is 6. The topological polar surface area (TPSA) is 83.5 Å². The number of benzene rings is 1. The van der Waals surface area contributed by atoms with E-state index in [1.807, 2.05) is 19.1 Å². The van der Waals surface area contributed by atoms with E-state index in [4.69, 9.17) is 5.11 Å². The second kappa shape index (κ2) is 7.20. The number of hydrogen-bond donors (Lipinski definition) is 2. The summed E-state index contributed by atoms with van der Waals surface area (Å²) in [6, 6.07) is 6.94. The highest BCUT2D eigenvalue weighted by Crippen LogP contribution is 2.25. The predicted molar refractivity (Wildman–Crippen MR) is 81.7 cm³/mol. The monoisotopic (exact) mass is 303 g/mol. The molecule has 118 valence electrons. The van der Waals surface area contributed by atoms with Gasteiger partial charge in [-0.15, -0.1) is 0 Å². The zero-order valence-electron chi connectivity index (χ0n) is 12.7. The second-order valence-electron chi connectivity index (χ2n) is 5.84. The molecule has 0 bridgehead atoms. The van der Waals surface area contributed by atoms with Crippen LogP contribution in [-0.4, -0.2) is 28.8 Å². The summed E-state index contributed by atoms with van der Waals surface area (Å²) in [4.78, 5) is 35.0. The van der Waals surface area contributed by atoms with Crippen LogP contribution in [0.2, 0.25) is 0 Å². The summed E-state index contributed by atoms with van der Waals surface area (Å²) in [5.74, 6) is -1.69. The summed E-state index contributed by atoms with van der Waals surface area (Å²) >= 11 is 0. The van der Waals surface area contributed by atoms with E-state index in [1.165, 1.54) is 0 Å². The lowest BCUT2D eigenvalue weighted by Crippen LogP contribution is -2.40. The molecular weight excluding hydrogens is 282 g/mol. The van der Waals surface area contributed by atoms with E-state index in [0.717, 1.165) is 12.0 Å². The maximum absolute atomic E-state index is 12.0. The molecule has 1 saturated carbocycles. The third-order valence-electron chi connectivity index (χ3n) is 4.13. The fourth-order valence-corrected chi connectivity index (χ4v) is 2.82. The lowest BCUT2D eigenvalue weighted by Gasteiger charge is -2.17. The molecule has 0 spiro atoms. The Morgan fingerprint density at radius 3 is 2.45 bits per heavy atom. The first-order valence-electron chi connectivity index (χ1n) is 7.59. The smallest absolute Gasteiger partial charge is 0.308 e. The lowest BCUT2D eigenvalue weighted by atomic mass is 10.0. The van der Waals surface area contributed by atoms with Crippen molar-refractivity contribution in [2.45, 2.75) is 45.1 Å². The Morgan fingerprint density at radius 1 is 1.14 bits per heavy atom. The molecule has 1 aliphatic rings. The first kappa shape index (κ1) is 16.2. The molecule has 0 heterocycles. The molecule has 5 heteroatoms. The molecule has 0 aliphatic heterocycles. The SMILES string of the molecule is Cc1ccc(C(=O)CCC(=O)N[C@@H]2CCC[C@@H]2C(=O)O)cc1. The first-order valence-corrected chi connectivity index (χ1v) is 7.59. The molecule has 0 saturated heterocycles. The van der Waals surface area contributed by atoms with Gasteiger partial charge >= 0.3 is 5.97 Å². The van der Waals surface area contributed by atoms with Crippen LogP contribution in [0, 0.1) is 12.8 Å². The van der Waals surface area contributed by atoms with Crippen molar-refractivity contribution < 1.29 is 19.5 Å². The van der Waals surface area contributed by atoms with Crippen molar-refractivity contribution in [3.05, 3.63) is 35.4 Å². The highest BCUT2D eigenvalue weighted by atomic mass is 16.4. The molecule has 0 radical (unpaired) electrons. The van der Waals surface area contributed by atoms with Crippen molar-refractivity contribution in [2.75, 3.05) is 0 Å². The van der Waals surface area contributed by atoms with Crippen LogP contribution in [0.15, 0.2) is 24.3 Å². The van der Waals surface area contributed by atoms with E-state index < -0.39 is 11.9 Å². The molecule has 2 rings (SSSR count). The first-order chi connectivity index (χ1) is 10.5. The van der Waals surface area contributed by atoms with Crippen molar-refractivity contribution in [3.8, 4) is 0 Å². The Morgan fingerprint density at radius 2 is 1.82 bits per heavy atom. The average Bonchev–Trinajstić information content (AvgIpc) is 2.94. The summed E-state index contributed by atoms with van der Waals surface area (Å²) in [6.07, 6.45) is 2.33. The van der Waals surface area contributed by atoms with Crippen LogP contribution in [0.4, 0.5) is 0 Å². The number of carbonyl (C=O) groups excluding carboxylic acids is 2. The van der Waals surface area contributed by atoms with Gasteiger partial charge in [0.2, 0.25) is 5.91 Å². The standard InChI is InChI=1S/C17H21NO4/c1-11-5-7-12(8-6-11)15(19)9-10-16(20)18-14-4-2-3-13(14)17(21)22/h5-8,13-14H,2-4,9-10H2,1H3,(H,18,20)(H,21,22)/t13-,14+/m0/s1. The predicted octanol–water partition coefficient (Wildman–Crippen LogP) is 2.33. The minimum absolute atomic E-state index is 0.0728. The summed E-state index contributed by atoms with van der Waals surface area (Å²) in [5, 5.41) is 11.8. The molecular formula is C17H21NO4. The van der Waals surface area contributed by atoms with Crippen LogP contribution in [0.5, 0.6) is 0 Å². The number of nitrogens with one attached hydrogen (secondary N) is 1. The third-order valence-corrected chi connectivity index (χ3v) is 4.13. The van der Waals surface area contributed by atoms with Crippen LogP contribution >= 0.6 is 0 Å². The summed E-state index contributed by atoms with van der Waals surface area (Å²) in [6.45, 7) is 1.95. The number of carboxylic acid groups (broad SMARTS) is 1. The highest BCUT2D eigenvalue weighted by molar-refractivity contribution is 5.98. The fraction of sp³-hybridized carbons (Fsp3) is 0.471. The summed E-state index contributed by atoms with van der Waals surface area (Å²) < 4.78 is 0. The average molecular weight is 303 g/mol. The molecule has 5 nitrogen and oxygen atoms in total. The quantitative estimate of drug-likeness (QED) is 0.790. The van der Waals surface area contributed by atoms with Gasteiger partial charge in [-0.1, -0.05) is 36.2 Å². The summed E-state index contributed by atoms with van der Waals surface area (Å²) in [5.41, 5.74) is 1.68. The van der Waals surface area contributed by atoms with E-state index in [9.17, 15) is 14.4 Å². The molecule has 2 atom stereocenters. The Hall–Kier alpha value is -2.17. The van der Waals surface area contributed by atoms with E-state index in [-0.39, 0.29) is 30.6 Å². The molecule has 1 fully saturated rings. The van der Waals surface area contributed by atoms with Crippen LogP contribution < -0.4 is 5.32 Å². The number of ketones is 1. The Kier molecular flexibility index (Phi) is 5.31. The van der Waals surface area contributed by atoms with Crippen LogP contribution in [-0.2, 0) is 9.59 Å². The number of amides is 1. The minimum atomic E-state index is -0.862. The molecule has 1 aromatic rings. The van der Waals surface area contributed by atoms with Gasteiger partial charge in [0.05, 0.1) is 5.92 Å². The van der Waals surface area contributed by atoms with Crippen LogP contribution in [0.25, 0.3) is 0 Å². The molecule has 22 heavy (non-hydrogen) atoms. The van der Waals surface area contributed by atoms with Crippen molar-refractivity contribution in [1.29, 1.82) is 0 Å². The van der Waals surface area contributed by atoms with Gasteiger partial charge in [0.1, 0.15) is 0 Å². The van der Waals surface area contributed by atoms with Crippen molar-refractivity contribution >= 4 is 17.7 Å². The largest absolute Gasteiger partial charge is 0.481 e. The fourth-order valence-electron chi connectivity index (χ4n) is 2.82. The number of carbonyl (C=O) groups is 3. The van der Waals surface area contributed by atoms with Gasteiger partial charge < -0.3 is 10.4 Å². The third kappa shape index (κ3) is 4.16. The van der Waals surface area contributed by atoms with E-state index in [0.29, 0.717) is 18.4 Å². The van der Waals surface area contributed by atoms with Gasteiger partial charge in [-0.25, -0.2) is 0 Å². The Balaban J connectivity index is 1.81. The van der Waals surface area contributed by atoms with Crippen molar-refractivity contribution in [2.24, 2.45) is 5.92 Å². The zero-order chi connectivity index (χ0) is 16.1. The molecule has 1 aromatic carbocycles. The van der Waals surface area contributed by atoms with Crippen molar-refractivity contribution in [3.63, 3.8) is 0 Å². The maximum Gasteiger partial charge on any atom is 0.308 e. The Labute approximate surface area is 129 Å². The molecule has 1 aliphatic carbocycles. The van der Waals surface area contributed by atoms with Gasteiger partial charge in [-0.2, -0.15) is 0 Å². The Bertz CT molecular complexity index is 565. The summed E-state index contributed by atoms with van der Waals surface area (Å²) in [7, 11) is 0. The van der Waals surface area contributed by atoms with Gasteiger partial charge in [0.15, 0.2) is 5.78 Å². The second-order valence-corrected chi connectivity index (χ2v) is 5.84. The lowest BCUT2D eigenvalue weighted by molar-refractivity contribution is -0.142. The van der Waals surface area contributed by atoms with E-state index in [2.05, 4.69) is 5.32 Å². The molecule has 0 aromatic heterocycles. The number of aliphatic carboxylic acids is 1. The van der Waals surface area contributed by atoms with Crippen LogP contribution in [0.3, 0.4) is 0 Å².